The zero-order chi connectivity index (χ0) is 24.5. The summed E-state index contributed by atoms with van der Waals surface area (Å²) >= 11 is 0. The van der Waals surface area contributed by atoms with Crippen molar-refractivity contribution in [3.05, 3.63) is 34.9 Å². The molecule has 2 aromatic heterocycles. The average molecular weight is 480 g/mol. The lowest BCUT2D eigenvalue weighted by atomic mass is 10.0. The Kier molecular flexibility index (Phi) is 6.69. The minimum absolute atomic E-state index is 0.0178. The molecule has 1 aliphatic heterocycles. The highest BCUT2D eigenvalue weighted by molar-refractivity contribution is 5.74. The van der Waals surface area contributed by atoms with Gasteiger partial charge in [-0.05, 0) is 58.8 Å². The fourth-order valence-electron chi connectivity index (χ4n) is 5.53. The summed E-state index contributed by atoms with van der Waals surface area (Å²) in [5, 5.41) is 3.35. The number of ether oxygens (including phenoxy) is 1. The number of aromatic nitrogens is 4. The fraction of sp³-hybridized carbons (Fsp3) is 0.577. The van der Waals surface area contributed by atoms with E-state index in [0.29, 0.717) is 24.2 Å². The van der Waals surface area contributed by atoms with Crippen molar-refractivity contribution < 1.29 is 4.74 Å². The molecule has 1 saturated carbocycles. The van der Waals surface area contributed by atoms with Crippen molar-refractivity contribution in [3.63, 3.8) is 0 Å². The molecular formula is C26H37N7O2. The van der Waals surface area contributed by atoms with Crippen molar-refractivity contribution in [2.24, 2.45) is 7.05 Å². The molecule has 3 heterocycles. The molecule has 35 heavy (non-hydrogen) atoms. The first kappa shape index (κ1) is 23.7. The number of hydrogen-bond acceptors (Lipinski definition) is 7. The van der Waals surface area contributed by atoms with Crippen LogP contribution in [0, 0.1) is 0 Å². The van der Waals surface area contributed by atoms with Gasteiger partial charge in [0.2, 0.25) is 5.95 Å². The number of nitrogens with zero attached hydrogens (tertiary/aromatic N) is 6. The van der Waals surface area contributed by atoms with Crippen LogP contribution in [0.15, 0.2) is 29.2 Å². The standard InChI is InChI=1S/C26H37N7O2/c1-5-35-23-16-20(32-14-12-18(13-15-32)30(2)3)10-11-21(23)28-25-27-17-22-24(29-25)33(26(34)31(22)4)19-8-6-7-9-19/h10-11,16-19H,5-9,12-15H2,1-4H3,(H,27,28,29). The highest BCUT2D eigenvalue weighted by Crippen LogP contribution is 2.34. The summed E-state index contributed by atoms with van der Waals surface area (Å²) in [6, 6.07) is 7.14. The zero-order valence-electron chi connectivity index (χ0n) is 21.3. The third kappa shape index (κ3) is 4.61. The molecule has 3 aromatic rings. The molecule has 0 bridgehead atoms. The van der Waals surface area contributed by atoms with Crippen molar-refractivity contribution in [2.75, 3.05) is 44.0 Å². The Morgan fingerprint density at radius 1 is 1.14 bits per heavy atom. The summed E-state index contributed by atoms with van der Waals surface area (Å²) in [6.07, 6.45) is 8.40. The molecule has 0 unspecified atom stereocenters. The van der Waals surface area contributed by atoms with Crippen LogP contribution in [0.3, 0.4) is 0 Å². The Bertz CT molecular complexity index is 1230. The molecule has 188 valence electrons. The Labute approximate surface area is 206 Å². The van der Waals surface area contributed by atoms with Crippen LogP contribution in [0.25, 0.3) is 11.2 Å². The predicted molar refractivity (Wildman–Crippen MR) is 140 cm³/mol. The summed E-state index contributed by atoms with van der Waals surface area (Å²) in [5.74, 6) is 1.25. The lowest BCUT2D eigenvalue weighted by Crippen LogP contribution is -2.41. The van der Waals surface area contributed by atoms with Gasteiger partial charge in [0.15, 0.2) is 5.65 Å². The van der Waals surface area contributed by atoms with Gasteiger partial charge < -0.3 is 19.9 Å². The highest BCUT2D eigenvalue weighted by atomic mass is 16.5. The van der Waals surface area contributed by atoms with Gasteiger partial charge in [-0.15, -0.1) is 0 Å². The Hall–Kier alpha value is -3.07. The SMILES string of the molecule is CCOc1cc(N2CCC(N(C)C)CC2)ccc1Nc1ncc2c(n1)n(C1CCCC1)c(=O)n2C. The number of piperidine rings is 1. The van der Waals surface area contributed by atoms with Crippen LogP contribution in [-0.4, -0.2) is 63.8 Å². The van der Waals surface area contributed by atoms with E-state index < -0.39 is 0 Å². The molecule has 1 aliphatic carbocycles. The maximum Gasteiger partial charge on any atom is 0.330 e. The van der Waals surface area contributed by atoms with E-state index in [-0.39, 0.29) is 11.7 Å². The van der Waals surface area contributed by atoms with Gasteiger partial charge in [0.05, 0.1) is 18.5 Å². The van der Waals surface area contributed by atoms with Gasteiger partial charge in [-0.2, -0.15) is 4.98 Å². The predicted octanol–water partition coefficient (Wildman–Crippen LogP) is 3.92. The van der Waals surface area contributed by atoms with E-state index in [9.17, 15) is 4.79 Å². The lowest BCUT2D eigenvalue weighted by molar-refractivity contribution is 0.249. The average Bonchev–Trinajstić information content (AvgIpc) is 3.47. The van der Waals surface area contributed by atoms with Crippen molar-refractivity contribution in [2.45, 2.75) is 57.5 Å². The second-order valence-electron chi connectivity index (χ2n) is 9.97. The third-order valence-corrected chi connectivity index (χ3v) is 7.59. The van der Waals surface area contributed by atoms with Crippen LogP contribution < -0.4 is 20.6 Å². The number of fused-ring (bicyclic) bond motifs is 1. The van der Waals surface area contributed by atoms with Gasteiger partial charge in [0.25, 0.3) is 0 Å². The van der Waals surface area contributed by atoms with Gasteiger partial charge in [-0.25, -0.2) is 9.78 Å². The van der Waals surface area contributed by atoms with Crippen LogP contribution in [0.5, 0.6) is 5.75 Å². The van der Waals surface area contributed by atoms with Crippen molar-refractivity contribution >= 4 is 28.5 Å². The quantitative estimate of drug-likeness (QED) is 0.550. The summed E-state index contributed by atoms with van der Waals surface area (Å²) < 4.78 is 9.51. The molecule has 0 amide bonds. The molecular weight excluding hydrogens is 442 g/mol. The van der Waals surface area contributed by atoms with E-state index >= 15 is 0 Å². The normalized spacial score (nSPS) is 17.6. The molecule has 1 saturated heterocycles. The Balaban J connectivity index is 1.42. The number of imidazole rings is 1. The number of aryl methyl sites for hydroxylation is 1. The van der Waals surface area contributed by atoms with E-state index in [1.54, 1.807) is 17.8 Å². The number of hydrogen-bond donors (Lipinski definition) is 1. The minimum Gasteiger partial charge on any atom is -0.492 e. The van der Waals surface area contributed by atoms with Crippen LogP contribution in [0.4, 0.5) is 17.3 Å². The number of rotatable bonds is 7. The van der Waals surface area contributed by atoms with Gasteiger partial charge >= 0.3 is 5.69 Å². The molecule has 5 rings (SSSR count). The molecule has 2 aliphatic rings. The largest absolute Gasteiger partial charge is 0.492 e. The summed E-state index contributed by atoms with van der Waals surface area (Å²) in [4.78, 5) is 27.0. The molecule has 0 radical (unpaired) electrons. The van der Waals surface area contributed by atoms with Crippen molar-refractivity contribution in [3.8, 4) is 5.75 Å². The first-order valence-electron chi connectivity index (χ1n) is 12.9. The van der Waals surface area contributed by atoms with Gasteiger partial charge in [-0.3, -0.25) is 9.13 Å². The van der Waals surface area contributed by atoms with Crippen LogP contribution in [-0.2, 0) is 7.05 Å². The second kappa shape index (κ2) is 9.89. The van der Waals surface area contributed by atoms with E-state index in [1.165, 1.54) is 5.69 Å². The monoisotopic (exact) mass is 479 g/mol. The summed E-state index contributed by atoms with van der Waals surface area (Å²) in [6.45, 7) is 4.63. The molecule has 0 spiro atoms. The zero-order valence-corrected chi connectivity index (χ0v) is 21.3. The Morgan fingerprint density at radius 2 is 1.89 bits per heavy atom. The molecule has 1 N–H and O–H groups in total. The number of nitrogens with one attached hydrogen (secondary N) is 1. The number of benzene rings is 1. The third-order valence-electron chi connectivity index (χ3n) is 7.59. The maximum absolute atomic E-state index is 12.9. The maximum atomic E-state index is 12.9. The van der Waals surface area contributed by atoms with Gasteiger partial charge in [-0.1, -0.05) is 12.8 Å². The van der Waals surface area contributed by atoms with Crippen LogP contribution in [0.2, 0.25) is 0 Å². The van der Waals surface area contributed by atoms with Crippen molar-refractivity contribution in [1.29, 1.82) is 0 Å². The van der Waals surface area contributed by atoms with Crippen LogP contribution >= 0.6 is 0 Å². The molecule has 2 fully saturated rings. The number of anilines is 3. The van der Waals surface area contributed by atoms with E-state index in [4.69, 9.17) is 9.72 Å². The first-order chi connectivity index (χ1) is 17.0. The van der Waals surface area contributed by atoms with Crippen LogP contribution in [0.1, 0.15) is 51.5 Å². The highest BCUT2D eigenvalue weighted by Gasteiger charge is 2.25. The Morgan fingerprint density at radius 3 is 2.57 bits per heavy atom. The second-order valence-corrected chi connectivity index (χ2v) is 9.97. The molecule has 1 aromatic carbocycles. The van der Waals surface area contributed by atoms with E-state index in [2.05, 4.69) is 46.3 Å². The molecule has 0 atom stereocenters. The van der Waals surface area contributed by atoms with E-state index in [1.807, 2.05) is 17.6 Å². The lowest BCUT2D eigenvalue weighted by Gasteiger charge is -2.36. The smallest absolute Gasteiger partial charge is 0.330 e. The molecule has 9 heteroatoms. The summed E-state index contributed by atoms with van der Waals surface area (Å²) in [5.41, 5.74) is 3.43. The molecule has 9 nitrogen and oxygen atoms in total. The summed E-state index contributed by atoms with van der Waals surface area (Å²) in [7, 11) is 6.12. The minimum atomic E-state index is -0.0178. The van der Waals surface area contributed by atoms with Crippen molar-refractivity contribution in [1.82, 2.24) is 24.0 Å². The van der Waals surface area contributed by atoms with Gasteiger partial charge in [0, 0.05) is 44.0 Å². The topological polar surface area (TPSA) is 80.5 Å². The first-order valence-corrected chi connectivity index (χ1v) is 12.9. The fourth-order valence-corrected chi connectivity index (χ4v) is 5.53. The van der Waals surface area contributed by atoms with Gasteiger partial charge in [0.1, 0.15) is 11.3 Å². The van der Waals surface area contributed by atoms with E-state index in [0.717, 1.165) is 68.6 Å².